The van der Waals surface area contributed by atoms with E-state index in [1.54, 1.807) is 0 Å². The topological polar surface area (TPSA) is 60.7 Å². The predicted octanol–water partition coefficient (Wildman–Crippen LogP) is -1.67. The SMILES string of the molecule is [2H][13C@H](O)[13C@]([2H])(O)CO. The maximum absolute atomic E-state index is 8.38. The number of hydrogen-bond acceptors (Lipinski definition) is 3. The van der Waals surface area contributed by atoms with Crippen molar-refractivity contribution in [1.82, 2.24) is 0 Å². The minimum absolute atomic E-state index is 0.933. The largest absolute Gasteiger partial charge is 0.394 e. The fraction of sp³-hybridized carbons (Fsp3) is 1.00. The van der Waals surface area contributed by atoms with Crippen molar-refractivity contribution < 1.29 is 18.1 Å². The van der Waals surface area contributed by atoms with Gasteiger partial charge in [-0.25, -0.2) is 0 Å². The Morgan fingerprint density at radius 3 is 2.33 bits per heavy atom. The van der Waals surface area contributed by atoms with Gasteiger partial charge in [0.15, 0.2) is 0 Å². The second-order valence-electron chi connectivity index (χ2n) is 0.779. The van der Waals surface area contributed by atoms with Crippen molar-refractivity contribution in [1.29, 1.82) is 0 Å². The summed E-state index contributed by atoms with van der Waals surface area (Å²) >= 11 is 0. The van der Waals surface area contributed by atoms with Crippen molar-refractivity contribution >= 4 is 0 Å². The van der Waals surface area contributed by atoms with Gasteiger partial charge in [0.25, 0.3) is 0 Å². The smallest absolute Gasteiger partial charge is 0.100 e. The molecule has 0 fully saturated rings. The minimum atomic E-state index is -2.43. The zero-order valence-electron chi connectivity index (χ0n) is 5.13. The molecule has 0 aromatic rings. The summed E-state index contributed by atoms with van der Waals surface area (Å²) in [6.07, 6.45) is -2.43. The molecule has 0 radical (unpaired) electrons. The van der Waals surface area contributed by atoms with E-state index in [4.69, 9.17) is 18.1 Å². The van der Waals surface area contributed by atoms with Gasteiger partial charge in [-0.15, -0.1) is 0 Å². The van der Waals surface area contributed by atoms with Crippen LogP contribution in [-0.4, -0.2) is 34.6 Å². The van der Waals surface area contributed by atoms with Crippen LogP contribution in [-0.2, 0) is 0 Å². The highest BCUT2D eigenvalue weighted by molar-refractivity contribution is 4.43. The van der Waals surface area contributed by atoms with Gasteiger partial charge >= 0.3 is 0 Å². The molecule has 2 atom stereocenters. The van der Waals surface area contributed by atoms with Gasteiger partial charge in [0.05, 0.1) is 15.9 Å². The molecule has 0 saturated heterocycles. The summed E-state index contributed by atoms with van der Waals surface area (Å²) in [4.78, 5) is 0. The molecule has 0 heterocycles. The van der Waals surface area contributed by atoms with Crippen molar-refractivity contribution in [3.8, 4) is 0 Å². The van der Waals surface area contributed by atoms with Gasteiger partial charge in [-0.2, -0.15) is 0 Å². The standard InChI is InChI=1S/C3H8O3/c4-1-3(6)2-5/h3-6H,1-2H2/i1+1D,3+1D/t1-,3-/m0/s1. The Kier molecular flexibility index (Phi) is 1.52. The minimum Gasteiger partial charge on any atom is -0.394 e. The van der Waals surface area contributed by atoms with Gasteiger partial charge in [0.1, 0.15) is 6.08 Å². The van der Waals surface area contributed by atoms with E-state index in [2.05, 4.69) is 0 Å². The predicted molar refractivity (Wildman–Crippen MR) is 20.2 cm³/mol. The van der Waals surface area contributed by atoms with E-state index in [0.717, 1.165) is 0 Å². The Hall–Kier alpha value is -0.120. The first-order valence-corrected chi connectivity index (χ1v) is 1.44. The van der Waals surface area contributed by atoms with Gasteiger partial charge in [-0.1, -0.05) is 0 Å². The molecule has 0 amide bonds. The molecule has 0 aliphatic carbocycles. The molecular weight excluding hydrogens is 86.0 g/mol. The molecule has 0 unspecified atom stereocenters. The van der Waals surface area contributed by atoms with Crippen LogP contribution in [0.3, 0.4) is 0 Å². The van der Waals surface area contributed by atoms with E-state index < -0.39 is 19.3 Å². The van der Waals surface area contributed by atoms with E-state index in [9.17, 15) is 0 Å². The highest BCUT2D eigenvalue weighted by Crippen LogP contribution is 1.71. The monoisotopic (exact) mass is 96.1 g/mol. The fourth-order valence-electron chi connectivity index (χ4n) is 0.0408. The Balaban J connectivity index is 3.71. The molecule has 0 aliphatic heterocycles. The van der Waals surface area contributed by atoms with Crippen LogP contribution >= 0.6 is 0 Å². The molecule has 0 aliphatic rings. The Labute approximate surface area is 38.7 Å². The van der Waals surface area contributed by atoms with Crippen LogP contribution in [0.25, 0.3) is 0 Å². The lowest BCUT2D eigenvalue weighted by molar-refractivity contribution is 0.0450. The van der Waals surface area contributed by atoms with Crippen LogP contribution in [0.1, 0.15) is 2.74 Å². The summed E-state index contributed by atoms with van der Waals surface area (Å²) in [6, 6.07) is 0. The maximum Gasteiger partial charge on any atom is 0.100 e. The van der Waals surface area contributed by atoms with Crippen LogP contribution in [0.4, 0.5) is 0 Å². The zero-order valence-corrected chi connectivity index (χ0v) is 3.13. The number of aliphatic hydroxyl groups excluding tert-OH is 2. The van der Waals surface area contributed by atoms with Gasteiger partial charge in [-0.3, -0.25) is 0 Å². The average molecular weight is 96.1 g/mol. The quantitative estimate of drug-likeness (QED) is 0.360. The highest BCUT2D eigenvalue weighted by atomic mass is 16.5. The van der Waals surface area contributed by atoms with E-state index in [1.165, 1.54) is 0 Å². The summed E-state index contributed by atoms with van der Waals surface area (Å²) in [5.74, 6) is 0. The summed E-state index contributed by atoms with van der Waals surface area (Å²) in [5, 5.41) is 24.6. The number of aliphatic hydroxyl groups is 3. The van der Waals surface area contributed by atoms with Crippen molar-refractivity contribution in [2.45, 2.75) is 6.08 Å². The van der Waals surface area contributed by atoms with E-state index >= 15 is 0 Å². The van der Waals surface area contributed by atoms with Crippen molar-refractivity contribution in [3.63, 3.8) is 0 Å². The highest BCUT2D eigenvalue weighted by Gasteiger charge is 1.93. The van der Waals surface area contributed by atoms with Gasteiger partial charge in [0, 0.05) is 0 Å². The third-order valence-corrected chi connectivity index (χ3v) is 0.311. The van der Waals surface area contributed by atoms with E-state index in [1.807, 2.05) is 0 Å². The first-order valence-electron chi connectivity index (χ1n) is 2.52. The first-order chi connectivity index (χ1) is 3.50. The third kappa shape index (κ3) is 2.14. The molecule has 0 aromatic carbocycles. The molecule has 0 saturated carbocycles. The Bertz CT molecular complexity index is 72.9. The Morgan fingerprint density at radius 2 is 2.33 bits per heavy atom. The lowest BCUT2D eigenvalue weighted by Gasteiger charge is -1.96. The van der Waals surface area contributed by atoms with Crippen LogP contribution in [0.2, 0.25) is 0 Å². The molecule has 0 spiro atoms. The molecule has 6 heavy (non-hydrogen) atoms. The lowest BCUT2D eigenvalue weighted by atomic mass is 11.0. The van der Waals surface area contributed by atoms with Crippen molar-refractivity contribution in [2.75, 3.05) is 13.2 Å². The molecule has 0 rings (SSSR count). The van der Waals surface area contributed by atoms with Crippen LogP contribution in [0.15, 0.2) is 0 Å². The summed E-state index contributed by atoms with van der Waals surface area (Å²) in [5.41, 5.74) is 0. The van der Waals surface area contributed by atoms with Crippen molar-refractivity contribution in [2.24, 2.45) is 0 Å². The maximum atomic E-state index is 8.38. The second kappa shape index (κ2) is 3.08. The van der Waals surface area contributed by atoms with Gasteiger partial charge in [-0.05, 0) is 0 Å². The summed E-state index contributed by atoms with van der Waals surface area (Å²) in [6.45, 7) is -2.90. The number of rotatable bonds is 2. The van der Waals surface area contributed by atoms with E-state index in [-0.39, 0.29) is 0 Å². The normalized spacial score (nSPS) is 29.8. The lowest BCUT2D eigenvalue weighted by Crippen LogP contribution is -2.15. The summed E-state index contributed by atoms with van der Waals surface area (Å²) in [7, 11) is 0. The van der Waals surface area contributed by atoms with E-state index in [0.29, 0.717) is 0 Å². The van der Waals surface area contributed by atoms with Gasteiger partial charge < -0.3 is 15.3 Å². The van der Waals surface area contributed by atoms with Crippen LogP contribution in [0.5, 0.6) is 0 Å². The third-order valence-electron chi connectivity index (χ3n) is 0.311. The number of hydrogen-bond donors (Lipinski definition) is 3. The molecule has 38 valence electrons. The zero-order chi connectivity index (χ0) is 6.78. The fourth-order valence-corrected chi connectivity index (χ4v) is 0.0408. The first kappa shape index (κ1) is 2.96. The molecule has 3 nitrogen and oxygen atoms in total. The molecule has 3 N–H and O–H groups in total. The molecule has 0 aromatic heterocycles. The molecular formula is C3H8O3. The molecule has 3 heteroatoms. The van der Waals surface area contributed by atoms with Crippen molar-refractivity contribution in [3.05, 3.63) is 0 Å². The average Bonchev–Trinajstić information content (AvgIpc) is 1.67. The van der Waals surface area contributed by atoms with Gasteiger partial charge in [0.2, 0.25) is 0 Å². The molecule has 0 bridgehead atoms. The van der Waals surface area contributed by atoms with Crippen LogP contribution < -0.4 is 0 Å². The summed E-state index contributed by atoms with van der Waals surface area (Å²) < 4.78 is 12.8. The van der Waals surface area contributed by atoms with Crippen LogP contribution in [0, 0.1) is 0 Å². The Morgan fingerprint density at radius 1 is 1.83 bits per heavy atom. The second-order valence-corrected chi connectivity index (χ2v) is 0.779.